The van der Waals surface area contributed by atoms with Crippen molar-refractivity contribution in [3.63, 3.8) is 0 Å². The molecule has 0 aliphatic carbocycles. The molecule has 0 saturated carbocycles. The maximum atomic E-state index is 12.9. The Kier molecular flexibility index (Phi) is 5.62. The average molecular weight is 417 g/mol. The van der Waals surface area contributed by atoms with Crippen molar-refractivity contribution in [3.8, 4) is 0 Å². The van der Waals surface area contributed by atoms with Gasteiger partial charge in [0, 0.05) is 18.9 Å². The van der Waals surface area contributed by atoms with E-state index >= 15 is 0 Å². The third kappa shape index (κ3) is 4.37. The monoisotopic (exact) mass is 417 g/mol. The molecule has 0 bridgehead atoms. The van der Waals surface area contributed by atoms with Gasteiger partial charge in [-0.3, -0.25) is 14.4 Å². The van der Waals surface area contributed by atoms with Gasteiger partial charge in [0.25, 0.3) is 11.1 Å². The highest BCUT2D eigenvalue weighted by atomic mass is 16.2. The first kappa shape index (κ1) is 20.5. The number of aromatic amines is 2. The van der Waals surface area contributed by atoms with Crippen LogP contribution in [-0.4, -0.2) is 36.8 Å². The molecule has 4 aromatic rings. The Bertz CT molecular complexity index is 1370. The van der Waals surface area contributed by atoms with Gasteiger partial charge in [-0.2, -0.15) is 0 Å². The predicted octanol–water partition coefficient (Wildman–Crippen LogP) is 2.53. The predicted molar refractivity (Wildman–Crippen MR) is 119 cm³/mol. The zero-order valence-electron chi connectivity index (χ0n) is 17.4. The van der Waals surface area contributed by atoms with Crippen LogP contribution in [0.5, 0.6) is 0 Å². The van der Waals surface area contributed by atoms with Crippen molar-refractivity contribution in [3.05, 3.63) is 80.9 Å². The largest absolute Gasteiger partial charge is 0.333 e. The van der Waals surface area contributed by atoms with Crippen molar-refractivity contribution in [2.24, 2.45) is 0 Å². The smallest absolute Gasteiger partial charge is 0.258 e. The van der Waals surface area contributed by atoms with Crippen LogP contribution in [0.3, 0.4) is 0 Å². The van der Waals surface area contributed by atoms with Gasteiger partial charge in [0.1, 0.15) is 11.6 Å². The number of rotatable bonds is 6. The number of carbonyl (C=O) groups is 1. The number of H-pyrrole nitrogens is 2. The molecule has 1 amide bonds. The van der Waals surface area contributed by atoms with Gasteiger partial charge < -0.3 is 14.9 Å². The van der Waals surface area contributed by atoms with Crippen molar-refractivity contribution >= 4 is 27.7 Å². The van der Waals surface area contributed by atoms with E-state index < -0.39 is 0 Å². The lowest BCUT2D eigenvalue weighted by molar-refractivity contribution is -0.133. The number of benzene rings is 2. The number of carbonyl (C=O) groups excluding carboxylic acids is 1. The molecule has 4 rings (SSSR count). The molecule has 0 aliphatic rings. The third-order valence-corrected chi connectivity index (χ3v) is 5.16. The Morgan fingerprint density at radius 2 is 1.39 bits per heavy atom. The number of hydrogen-bond donors (Lipinski definition) is 2. The van der Waals surface area contributed by atoms with Crippen LogP contribution in [0.4, 0.5) is 0 Å². The molecule has 0 fully saturated rings. The first-order chi connectivity index (χ1) is 14.9. The molecule has 0 radical (unpaired) electrons. The molecule has 2 heterocycles. The van der Waals surface area contributed by atoms with E-state index in [1.54, 1.807) is 41.3 Å². The van der Waals surface area contributed by atoms with E-state index in [4.69, 9.17) is 0 Å². The number of aryl methyl sites for hydroxylation is 1. The summed E-state index contributed by atoms with van der Waals surface area (Å²) in [5.41, 5.74) is 0.754. The zero-order chi connectivity index (χ0) is 22.0. The standard InChI is InChI=1S/C23H23N5O3/c1-14(2)28(13-20-25-18-10-6-4-8-16(18)23(31)27-20)21(29)12-11-19-24-17-9-5-3-7-15(17)22(30)26-19/h3-10,14H,11-13H2,1-2H3,(H,24,26,30)(H,25,27,31). The normalized spacial score (nSPS) is 11.3. The molecule has 8 nitrogen and oxygen atoms in total. The summed E-state index contributed by atoms with van der Waals surface area (Å²) in [7, 11) is 0. The van der Waals surface area contributed by atoms with E-state index in [0.717, 1.165) is 0 Å². The van der Waals surface area contributed by atoms with Crippen LogP contribution >= 0.6 is 0 Å². The second kappa shape index (κ2) is 8.51. The van der Waals surface area contributed by atoms with Crippen LogP contribution in [0.25, 0.3) is 21.8 Å². The van der Waals surface area contributed by atoms with Crippen LogP contribution in [0, 0.1) is 0 Å². The Hall–Kier alpha value is -3.81. The van der Waals surface area contributed by atoms with Gasteiger partial charge in [0.2, 0.25) is 5.91 Å². The zero-order valence-corrected chi connectivity index (χ0v) is 17.4. The summed E-state index contributed by atoms with van der Waals surface area (Å²) in [4.78, 5) is 53.6. The van der Waals surface area contributed by atoms with Gasteiger partial charge in [-0.05, 0) is 38.1 Å². The van der Waals surface area contributed by atoms with E-state index in [1.165, 1.54) is 0 Å². The lowest BCUT2D eigenvalue weighted by atomic mass is 10.2. The van der Waals surface area contributed by atoms with Crippen molar-refractivity contribution in [2.75, 3.05) is 0 Å². The van der Waals surface area contributed by atoms with E-state index in [1.807, 2.05) is 26.0 Å². The first-order valence-electron chi connectivity index (χ1n) is 10.2. The maximum Gasteiger partial charge on any atom is 0.258 e. The lowest BCUT2D eigenvalue weighted by Crippen LogP contribution is -2.37. The van der Waals surface area contributed by atoms with Crippen molar-refractivity contribution in [1.29, 1.82) is 0 Å². The molecule has 2 aromatic heterocycles. The minimum absolute atomic E-state index is 0.0899. The van der Waals surface area contributed by atoms with Crippen molar-refractivity contribution in [2.45, 2.75) is 39.3 Å². The Labute approximate surface area is 178 Å². The van der Waals surface area contributed by atoms with Crippen molar-refractivity contribution < 1.29 is 4.79 Å². The van der Waals surface area contributed by atoms with Crippen LogP contribution in [-0.2, 0) is 17.8 Å². The first-order valence-corrected chi connectivity index (χ1v) is 10.2. The molecular weight excluding hydrogens is 394 g/mol. The highest BCUT2D eigenvalue weighted by molar-refractivity contribution is 5.79. The molecule has 2 N–H and O–H groups in total. The fourth-order valence-corrected chi connectivity index (χ4v) is 3.55. The summed E-state index contributed by atoms with van der Waals surface area (Å²) < 4.78 is 0. The number of nitrogens with zero attached hydrogens (tertiary/aromatic N) is 3. The minimum atomic E-state index is -0.227. The SMILES string of the molecule is CC(C)N(Cc1nc2ccccc2c(=O)[nH]1)C(=O)CCc1nc2ccccc2c(=O)[nH]1. The highest BCUT2D eigenvalue weighted by Crippen LogP contribution is 2.12. The minimum Gasteiger partial charge on any atom is -0.333 e. The van der Waals surface area contributed by atoms with E-state index in [9.17, 15) is 14.4 Å². The van der Waals surface area contributed by atoms with Gasteiger partial charge in [0.15, 0.2) is 0 Å². The quantitative estimate of drug-likeness (QED) is 0.501. The molecule has 0 atom stereocenters. The number of hydrogen-bond acceptors (Lipinski definition) is 5. The average Bonchev–Trinajstić information content (AvgIpc) is 2.76. The number of aromatic nitrogens is 4. The van der Waals surface area contributed by atoms with Gasteiger partial charge in [0.05, 0.1) is 28.4 Å². The van der Waals surface area contributed by atoms with Gasteiger partial charge in [-0.25, -0.2) is 9.97 Å². The lowest BCUT2D eigenvalue weighted by Gasteiger charge is -2.26. The summed E-state index contributed by atoms with van der Waals surface area (Å²) in [5.74, 6) is 0.794. The second-order valence-electron chi connectivity index (χ2n) is 7.67. The van der Waals surface area contributed by atoms with Crippen LogP contribution < -0.4 is 11.1 Å². The molecule has 0 saturated heterocycles. The number of fused-ring (bicyclic) bond motifs is 2. The van der Waals surface area contributed by atoms with Crippen LogP contribution in [0.1, 0.15) is 31.9 Å². The van der Waals surface area contributed by atoms with Gasteiger partial charge in [-0.15, -0.1) is 0 Å². The number of nitrogens with one attached hydrogen (secondary N) is 2. The van der Waals surface area contributed by atoms with Crippen molar-refractivity contribution in [1.82, 2.24) is 24.8 Å². The Morgan fingerprint density at radius 1 is 0.871 bits per heavy atom. The summed E-state index contributed by atoms with van der Waals surface area (Å²) in [6, 6.07) is 14.1. The fraction of sp³-hybridized carbons (Fsp3) is 0.261. The maximum absolute atomic E-state index is 12.9. The summed E-state index contributed by atoms with van der Waals surface area (Å²) in [6.07, 6.45) is 0.487. The number of para-hydroxylation sites is 2. The molecule has 2 aromatic carbocycles. The van der Waals surface area contributed by atoms with E-state index in [0.29, 0.717) is 39.9 Å². The molecule has 158 valence electrons. The van der Waals surface area contributed by atoms with Crippen LogP contribution in [0.2, 0.25) is 0 Å². The summed E-state index contributed by atoms with van der Waals surface area (Å²) in [6.45, 7) is 4.01. The third-order valence-electron chi connectivity index (χ3n) is 5.16. The van der Waals surface area contributed by atoms with Crippen LogP contribution in [0.15, 0.2) is 58.1 Å². The van der Waals surface area contributed by atoms with E-state index in [-0.39, 0.29) is 36.0 Å². The summed E-state index contributed by atoms with van der Waals surface area (Å²) in [5, 5.41) is 1.03. The molecule has 8 heteroatoms. The molecule has 31 heavy (non-hydrogen) atoms. The number of amides is 1. The van der Waals surface area contributed by atoms with Gasteiger partial charge >= 0.3 is 0 Å². The molecule has 0 spiro atoms. The topological polar surface area (TPSA) is 112 Å². The molecular formula is C23H23N5O3. The van der Waals surface area contributed by atoms with Gasteiger partial charge in [-0.1, -0.05) is 24.3 Å². The molecule has 0 aliphatic heterocycles. The highest BCUT2D eigenvalue weighted by Gasteiger charge is 2.19. The Morgan fingerprint density at radius 3 is 1.97 bits per heavy atom. The molecule has 0 unspecified atom stereocenters. The fourth-order valence-electron chi connectivity index (χ4n) is 3.55. The summed E-state index contributed by atoms with van der Waals surface area (Å²) >= 11 is 0. The van der Waals surface area contributed by atoms with E-state index in [2.05, 4.69) is 19.9 Å². The second-order valence-corrected chi connectivity index (χ2v) is 7.67. The Balaban J connectivity index is 1.52.